The van der Waals surface area contributed by atoms with E-state index in [-0.39, 0.29) is 4.90 Å². The summed E-state index contributed by atoms with van der Waals surface area (Å²) in [5, 5.41) is 4.22. The normalized spacial score (nSPS) is 12.0. The zero-order chi connectivity index (χ0) is 19.8. The first-order chi connectivity index (χ1) is 13.6. The Morgan fingerprint density at radius 2 is 1.68 bits per heavy atom. The molecular formula is C22H23N3O2S. The van der Waals surface area contributed by atoms with Gasteiger partial charge < -0.3 is 0 Å². The lowest BCUT2D eigenvalue weighted by molar-refractivity contribution is 0.584. The van der Waals surface area contributed by atoms with E-state index < -0.39 is 10.0 Å². The Bertz CT molecular complexity index is 975. The van der Waals surface area contributed by atoms with E-state index in [4.69, 9.17) is 0 Å². The summed E-state index contributed by atoms with van der Waals surface area (Å²) in [6.07, 6.45) is 6.45. The average Bonchev–Trinajstić information content (AvgIpc) is 2.74. The molecule has 0 aliphatic rings. The maximum atomic E-state index is 12.7. The second-order valence-electron chi connectivity index (χ2n) is 6.41. The topological polar surface area (TPSA) is 71.4 Å². The maximum Gasteiger partial charge on any atom is 0.276 e. The van der Waals surface area contributed by atoms with E-state index in [2.05, 4.69) is 21.8 Å². The van der Waals surface area contributed by atoms with Crippen LogP contribution in [-0.2, 0) is 16.4 Å². The number of benzene rings is 2. The van der Waals surface area contributed by atoms with Gasteiger partial charge in [-0.2, -0.15) is 18.4 Å². The predicted octanol–water partition coefficient (Wildman–Crippen LogP) is 4.16. The number of hydrogen-bond acceptors (Lipinski definition) is 4. The number of pyridine rings is 1. The van der Waals surface area contributed by atoms with E-state index in [1.807, 2.05) is 48.5 Å². The number of hydrazone groups is 1. The Balaban J connectivity index is 1.87. The van der Waals surface area contributed by atoms with Crippen LogP contribution in [0.4, 0.5) is 0 Å². The quantitative estimate of drug-likeness (QED) is 0.461. The second kappa shape index (κ2) is 9.28. The Morgan fingerprint density at radius 3 is 2.32 bits per heavy atom. The molecule has 0 atom stereocenters. The molecule has 0 saturated carbocycles. The van der Waals surface area contributed by atoms with Crippen molar-refractivity contribution in [1.82, 2.24) is 9.82 Å². The molecule has 1 N–H and O–H groups in total. The summed E-state index contributed by atoms with van der Waals surface area (Å²) in [7, 11) is -3.77. The van der Waals surface area contributed by atoms with Crippen LogP contribution >= 0.6 is 0 Å². The lowest BCUT2D eigenvalue weighted by atomic mass is 10.0. The summed E-state index contributed by atoms with van der Waals surface area (Å²) in [6, 6.07) is 20.0. The monoisotopic (exact) mass is 393 g/mol. The van der Waals surface area contributed by atoms with Gasteiger partial charge in [-0.25, -0.2) is 0 Å². The van der Waals surface area contributed by atoms with Crippen LogP contribution in [0.15, 0.2) is 89.1 Å². The summed E-state index contributed by atoms with van der Waals surface area (Å²) in [5.41, 5.74) is 3.17. The largest absolute Gasteiger partial charge is 0.276 e. The van der Waals surface area contributed by atoms with Crippen molar-refractivity contribution in [3.8, 4) is 0 Å². The average molecular weight is 394 g/mol. The van der Waals surface area contributed by atoms with Crippen LogP contribution in [0.5, 0.6) is 0 Å². The fourth-order valence-corrected chi connectivity index (χ4v) is 3.58. The number of nitrogens with one attached hydrogen (secondary N) is 1. The summed E-state index contributed by atoms with van der Waals surface area (Å²) < 4.78 is 25.4. The van der Waals surface area contributed by atoms with E-state index in [1.165, 1.54) is 0 Å². The van der Waals surface area contributed by atoms with Crippen LogP contribution in [0.2, 0.25) is 0 Å². The van der Waals surface area contributed by atoms with Crippen LogP contribution < -0.4 is 4.83 Å². The molecule has 1 aromatic heterocycles. The van der Waals surface area contributed by atoms with Crippen molar-refractivity contribution in [1.29, 1.82) is 0 Å². The van der Waals surface area contributed by atoms with Crippen molar-refractivity contribution >= 4 is 15.7 Å². The lowest BCUT2D eigenvalue weighted by Crippen LogP contribution is -2.21. The highest BCUT2D eigenvalue weighted by atomic mass is 32.2. The number of unbranched alkanes of at least 4 members (excludes halogenated alkanes) is 1. The molecule has 6 heteroatoms. The molecule has 1 heterocycles. The Morgan fingerprint density at radius 1 is 0.964 bits per heavy atom. The van der Waals surface area contributed by atoms with Gasteiger partial charge in [0.05, 0.1) is 4.90 Å². The fraction of sp³-hybridized carbons (Fsp3) is 0.182. The number of rotatable bonds is 8. The summed E-state index contributed by atoms with van der Waals surface area (Å²) in [6.45, 7) is 2.13. The maximum absolute atomic E-state index is 12.7. The first-order valence-electron chi connectivity index (χ1n) is 9.24. The van der Waals surface area contributed by atoms with Crippen LogP contribution in [-0.4, -0.2) is 19.1 Å². The van der Waals surface area contributed by atoms with E-state index in [9.17, 15) is 8.42 Å². The van der Waals surface area contributed by atoms with Gasteiger partial charge in [0.25, 0.3) is 10.0 Å². The molecular weight excluding hydrogens is 370 g/mol. The third-order valence-electron chi connectivity index (χ3n) is 4.31. The van der Waals surface area contributed by atoms with Gasteiger partial charge in [0.15, 0.2) is 0 Å². The number of aromatic nitrogens is 1. The molecule has 0 saturated heterocycles. The van der Waals surface area contributed by atoms with Crippen LogP contribution in [0.25, 0.3) is 0 Å². The van der Waals surface area contributed by atoms with E-state index in [0.29, 0.717) is 5.71 Å². The Kier molecular flexibility index (Phi) is 6.55. The Hall–Kier alpha value is -2.99. The summed E-state index contributed by atoms with van der Waals surface area (Å²) in [4.78, 5) is 6.67. The SMILES string of the molecule is CCCCc1ccc(S(=O)(=O)N/N=C(/c2ccccc2)c2cccnc2)cc1. The van der Waals surface area contributed by atoms with Crippen molar-refractivity contribution in [2.45, 2.75) is 31.1 Å². The van der Waals surface area contributed by atoms with Crippen molar-refractivity contribution in [2.75, 3.05) is 0 Å². The minimum absolute atomic E-state index is 0.190. The van der Waals surface area contributed by atoms with Gasteiger partial charge in [-0.05, 0) is 42.7 Å². The zero-order valence-corrected chi connectivity index (χ0v) is 16.6. The van der Waals surface area contributed by atoms with Gasteiger partial charge in [-0.3, -0.25) is 4.98 Å². The molecule has 0 aliphatic carbocycles. The van der Waals surface area contributed by atoms with Crippen LogP contribution in [0.3, 0.4) is 0 Å². The highest BCUT2D eigenvalue weighted by molar-refractivity contribution is 7.89. The van der Waals surface area contributed by atoms with Crippen molar-refractivity contribution < 1.29 is 8.42 Å². The molecule has 0 radical (unpaired) electrons. The minimum atomic E-state index is -3.77. The van der Waals surface area contributed by atoms with Gasteiger partial charge in [0.1, 0.15) is 5.71 Å². The van der Waals surface area contributed by atoms with E-state index in [0.717, 1.165) is 36.0 Å². The number of hydrogen-bond donors (Lipinski definition) is 1. The number of aryl methyl sites for hydroxylation is 1. The number of sulfonamides is 1. The van der Waals surface area contributed by atoms with Crippen molar-refractivity contribution in [3.05, 3.63) is 95.8 Å². The molecule has 3 rings (SSSR count). The predicted molar refractivity (Wildman–Crippen MR) is 112 cm³/mol. The molecule has 3 aromatic rings. The minimum Gasteiger partial charge on any atom is -0.264 e. The van der Waals surface area contributed by atoms with Gasteiger partial charge in [-0.15, -0.1) is 0 Å². The third kappa shape index (κ3) is 5.04. The molecule has 5 nitrogen and oxygen atoms in total. The molecule has 0 bridgehead atoms. The molecule has 0 aliphatic heterocycles. The molecule has 0 amide bonds. The first kappa shape index (κ1) is 19.8. The van der Waals surface area contributed by atoms with Crippen molar-refractivity contribution in [2.24, 2.45) is 5.10 Å². The highest BCUT2D eigenvalue weighted by Gasteiger charge is 2.14. The number of nitrogens with zero attached hydrogens (tertiary/aromatic N) is 2. The van der Waals surface area contributed by atoms with E-state index >= 15 is 0 Å². The van der Waals surface area contributed by atoms with Gasteiger partial charge in [0.2, 0.25) is 0 Å². The summed E-state index contributed by atoms with van der Waals surface area (Å²) >= 11 is 0. The molecule has 28 heavy (non-hydrogen) atoms. The first-order valence-corrected chi connectivity index (χ1v) is 10.7. The molecule has 0 spiro atoms. The van der Waals surface area contributed by atoms with E-state index in [1.54, 1.807) is 30.6 Å². The summed E-state index contributed by atoms with van der Waals surface area (Å²) in [5.74, 6) is 0. The fourth-order valence-electron chi connectivity index (χ4n) is 2.77. The smallest absolute Gasteiger partial charge is 0.264 e. The van der Waals surface area contributed by atoms with Crippen LogP contribution in [0, 0.1) is 0 Å². The molecule has 0 fully saturated rings. The van der Waals surface area contributed by atoms with Gasteiger partial charge in [0, 0.05) is 23.5 Å². The van der Waals surface area contributed by atoms with Gasteiger partial charge in [-0.1, -0.05) is 55.8 Å². The van der Waals surface area contributed by atoms with Crippen LogP contribution in [0.1, 0.15) is 36.5 Å². The highest BCUT2D eigenvalue weighted by Crippen LogP contribution is 2.14. The molecule has 0 unspecified atom stereocenters. The Labute approximate surface area is 166 Å². The van der Waals surface area contributed by atoms with Gasteiger partial charge >= 0.3 is 0 Å². The molecule has 2 aromatic carbocycles. The molecule has 144 valence electrons. The standard InChI is InChI=1S/C22H23N3O2S/c1-2-3-8-18-12-14-21(15-13-18)28(26,27)25-24-22(19-9-5-4-6-10-19)20-11-7-16-23-17-20/h4-7,9-17,25H,2-3,8H2,1H3/b24-22-. The second-order valence-corrected chi connectivity index (χ2v) is 8.07. The third-order valence-corrected chi connectivity index (χ3v) is 5.54. The lowest BCUT2D eigenvalue weighted by Gasteiger charge is -2.09. The zero-order valence-electron chi connectivity index (χ0n) is 15.7. The van der Waals surface area contributed by atoms with Crippen molar-refractivity contribution in [3.63, 3.8) is 0 Å².